The van der Waals surface area contributed by atoms with Gasteiger partial charge < -0.3 is 23.3 Å². The molecule has 7 nitrogen and oxygen atoms in total. The van der Waals surface area contributed by atoms with E-state index in [9.17, 15) is 4.79 Å². The van der Waals surface area contributed by atoms with E-state index < -0.39 is 0 Å². The fourth-order valence-electron chi connectivity index (χ4n) is 3.44. The van der Waals surface area contributed by atoms with Crippen LogP contribution in [-0.2, 0) is 0 Å². The first-order chi connectivity index (χ1) is 13.2. The van der Waals surface area contributed by atoms with Crippen molar-refractivity contribution in [3.63, 3.8) is 0 Å². The molecule has 0 unspecified atom stereocenters. The molecule has 0 saturated carbocycles. The lowest BCUT2D eigenvalue weighted by Crippen LogP contribution is -2.30. The van der Waals surface area contributed by atoms with Crippen LogP contribution < -0.4 is 9.47 Å². The van der Waals surface area contributed by atoms with Crippen molar-refractivity contribution in [3.8, 4) is 22.8 Å². The Morgan fingerprint density at radius 2 is 2.04 bits per heavy atom. The Morgan fingerprint density at radius 3 is 2.78 bits per heavy atom. The van der Waals surface area contributed by atoms with Gasteiger partial charge >= 0.3 is 0 Å². The molecule has 4 rings (SSSR count). The summed E-state index contributed by atoms with van der Waals surface area (Å²) in [7, 11) is 3.15. The van der Waals surface area contributed by atoms with Gasteiger partial charge in [0.05, 0.1) is 26.5 Å². The molecule has 1 aliphatic heterocycles. The van der Waals surface area contributed by atoms with Gasteiger partial charge in [0.2, 0.25) is 0 Å². The van der Waals surface area contributed by atoms with E-state index in [0.29, 0.717) is 23.8 Å². The maximum atomic E-state index is 12.9. The molecule has 0 spiro atoms. The minimum Gasteiger partial charge on any atom is -0.493 e. The van der Waals surface area contributed by atoms with Crippen molar-refractivity contribution in [1.29, 1.82) is 0 Å². The number of aromatic nitrogens is 1. The quantitative estimate of drug-likeness (QED) is 0.679. The Labute approximate surface area is 156 Å². The SMILES string of the molecule is COc1ccc(-c2cc(C(=O)N3CCC[C@H]3c3ccco3)no2)cc1OC. The molecule has 3 heterocycles. The minimum atomic E-state index is -0.163. The van der Waals surface area contributed by atoms with Crippen molar-refractivity contribution in [2.24, 2.45) is 0 Å². The number of amides is 1. The summed E-state index contributed by atoms with van der Waals surface area (Å²) in [6.45, 7) is 0.669. The molecular formula is C20H20N2O5. The molecule has 140 valence electrons. The highest BCUT2D eigenvalue weighted by atomic mass is 16.5. The van der Waals surface area contributed by atoms with Gasteiger partial charge in [-0.25, -0.2) is 0 Å². The van der Waals surface area contributed by atoms with E-state index >= 15 is 0 Å². The Hall–Kier alpha value is -3.22. The van der Waals surface area contributed by atoms with Crippen LogP contribution in [0.2, 0.25) is 0 Å². The normalized spacial score (nSPS) is 16.5. The zero-order chi connectivity index (χ0) is 18.8. The summed E-state index contributed by atoms with van der Waals surface area (Å²) in [4.78, 5) is 14.7. The van der Waals surface area contributed by atoms with Crippen LogP contribution in [0.25, 0.3) is 11.3 Å². The zero-order valence-electron chi connectivity index (χ0n) is 15.2. The van der Waals surface area contributed by atoms with Gasteiger partial charge in [-0.15, -0.1) is 0 Å². The van der Waals surface area contributed by atoms with Crippen LogP contribution in [0.3, 0.4) is 0 Å². The number of rotatable bonds is 5. The van der Waals surface area contributed by atoms with E-state index in [1.54, 1.807) is 43.6 Å². The highest BCUT2D eigenvalue weighted by Gasteiger charge is 2.33. The average molecular weight is 368 g/mol. The molecule has 0 bridgehead atoms. The molecule has 27 heavy (non-hydrogen) atoms. The van der Waals surface area contributed by atoms with E-state index in [1.165, 1.54) is 0 Å². The molecule has 0 aliphatic carbocycles. The number of likely N-dealkylation sites (tertiary alicyclic amines) is 1. The van der Waals surface area contributed by atoms with E-state index in [1.807, 2.05) is 18.2 Å². The summed E-state index contributed by atoms with van der Waals surface area (Å²) in [5.41, 5.74) is 1.03. The predicted molar refractivity (Wildman–Crippen MR) is 96.8 cm³/mol. The van der Waals surface area contributed by atoms with E-state index in [-0.39, 0.29) is 17.6 Å². The first kappa shape index (κ1) is 17.2. The number of methoxy groups -OCH3 is 2. The highest BCUT2D eigenvalue weighted by molar-refractivity contribution is 5.93. The molecule has 1 aromatic carbocycles. The zero-order valence-corrected chi connectivity index (χ0v) is 15.2. The maximum Gasteiger partial charge on any atom is 0.276 e. The van der Waals surface area contributed by atoms with Crippen LogP contribution in [0.5, 0.6) is 11.5 Å². The largest absolute Gasteiger partial charge is 0.493 e. The Bertz CT molecular complexity index is 932. The number of benzene rings is 1. The third-order valence-electron chi connectivity index (χ3n) is 4.78. The number of nitrogens with zero attached hydrogens (tertiary/aromatic N) is 2. The first-order valence-corrected chi connectivity index (χ1v) is 8.74. The van der Waals surface area contributed by atoms with Crippen molar-refractivity contribution < 1.29 is 23.2 Å². The van der Waals surface area contributed by atoms with Crippen molar-refractivity contribution >= 4 is 5.91 Å². The van der Waals surface area contributed by atoms with Crippen LogP contribution in [0.1, 0.15) is 35.1 Å². The second-order valence-corrected chi connectivity index (χ2v) is 6.32. The van der Waals surface area contributed by atoms with Gasteiger partial charge in [-0.1, -0.05) is 5.16 Å². The number of hydrogen-bond donors (Lipinski definition) is 0. The van der Waals surface area contributed by atoms with Gasteiger partial charge in [0.25, 0.3) is 5.91 Å². The number of carbonyl (C=O) groups is 1. The lowest BCUT2D eigenvalue weighted by molar-refractivity contribution is 0.0709. The van der Waals surface area contributed by atoms with Crippen LogP contribution in [0.4, 0.5) is 0 Å². The van der Waals surface area contributed by atoms with E-state index in [4.69, 9.17) is 18.4 Å². The number of carbonyl (C=O) groups excluding carboxylic acids is 1. The van der Waals surface area contributed by atoms with Gasteiger partial charge in [0, 0.05) is 18.2 Å². The van der Waals surface area contributed by atoms with Crippen LogP contribution in [0, 0.1) is 0 Å². The summed E-state index contributed by atoms with van der Waals surface area (Å²) < 4.78 is 21.5. The predicted octanol–water partition coefficient (Wildman–Crippen LogP) is 3.93. The molecule has 1 atom stereocenters. The monoisotopic (exact) mass is 368 g/mol. The molecule has 1 saturated heterocycles. The topological polar surface area (TPSA) is 77.9 Å². The smallest absolute Gasteiger partial charge is 0.276 e. The number of hydrogen-bond acceptors (Lipinski definition) is 6. The van der Waals surface area contributed by atoms with Crippen molar-refractivity contribution in [2.75, 3.05) is 20.8 Å². The van der Waals surface area contributed by atoms with Gasteiger partial charge in [-0.05, 0) is 43.2 Å². The summed E-state index contributed by atoms with van der Waals surface area (Å²) in [5.74, 6) is 2.33. The Morgan fingerprint density at radius 1 is 1.19 bits per heavy atom. The van der Waals surface area contributed by atoms with E-state index in [0.717, 1.165) is 24.2 Å². The molecule has 7 heteroatoms. The lowest BCUT2D eigenvalue weighted by Gasteiger charge is -2.21. The minimum absolute atomic E-state index is 0.0614. The number of ether oxygens (including phenoxy) is 2. The fraction of sp³-hybridized carbons (Fsp3) is 0.300. The maximum absolute atomic E-state index is 12.9. The third kappa shape index (κ3) is 3.16. The summed E-state index contributed by atoms with van der Waals surface area (Å²) in [6, 6.07) is 10.7. The molecule has 1 amide bonds. The van der Waals surface area contributed by atoms with Gasteiger partial charge in [-0.2, -0.15) is 0 Å². The van der Waals surface area contributed by atoms with Crippen LogP contribution >= 0.6 is 0 Å². The summed E-state index contributed by atoms with van der Waals surface area (Å²) in [6.07, 6.45) is 3.43. The number of furan rings is 1. The highest BCUT2D eigenvalue weighted by Crippen LogP contribution is 2.35. The average Bonchev–Trinajstić information content (AvgIpc) is 3.47. The molecule has 0 N–H and O–H groups in total. The first-order valence-electron chi connectivity index (χ1n) is 8.74. The third-order valence-corrected chi connectivity index (χ3v) is 4.78. The van der Waals surface area contributed by atoms with Crippen LogP contribution in [0.15, 0.2) is 51.6 Å². The standard InChI is InChI=1S/C20H20N2O5/c1-24-17-8-7-13(11-19(17)25-2)18-12-14(21-27-18)20(23)22-9-3-5-15(22)16-6-4-10-26-16/h4,6-8,10-12,15H,3,5,9H2,1-2H3/t15-/m0/s1. The molecule has 1 fully saturated rings. The van der Waals surface area contributed by atoms with Crippen molar-refractivity contribution in [2.45, 2.75) is 18.9 Å². The van der Waals surface area contributed by atoms with Crippen molar-refractivity contribution in [3.05, 3.63) is 54.1 Å². The fourth-order valence-corrected chi connectivity index (χ4v) is 3.44. The molecule has 1 aliphatic rings. The molecular weight excluding hydrogens is 348 g/mol. The molecule has 0 radical (unpaired) electrons. The van der Waals surface area contributed by atoms with Crippen LogP contribution in [-0.4, -0.2) is 36.7 Å². The van der Waals surface area contributed by atoms with Crippen molar-refractivity contribution in [1.82, 2.24) is 10.1 Å². The molecule has 3 aromatic rings. The van der Waals surface area contributed by atoms with Gasteiger partial charge in [-0.3, -0.25) is 4.79 Å². The van der Waals surface area contributed by atoms with Gasteiger partial charge in [0.15, 0.2) is 23.0 Å². The molecule has 2 aromatic heterocycles. The van der Waals surface area contributed by atoms with E-state index in [2.05, 4.69) is 5.16 Å². The summed E-state index contributed by atoms with van der Waals surface area (Å²) in [5, 5.41) is 3.98. The Balaban J connectivity index is 1.58. The summed E-state index contributed by atoms with van der Waals surface area (Å²) >= 11 is 0. The Kier molecular flexibility index (Phi) is 4.58. The second-order valence-electron chi connectivity index (χ2n) is 6.32. The lowest BCUT2D eigenvalue weighted by atomic mass is 10.1. The van der Waals surface area contributed by atoms with Gasteiger partial charge in [0.1, 0.15) is 5.76 Å². The second kappa shape index (κ2) is 7.19.